The lowest BCUT2D eigenvalue weighted by atomic mass is 10.3. The second-order valence-electron chi connectivity index (χ2n) is 7.03. The molecule has 1 N–H and O–H groups in total. The molecule has 0 aliphatic carbocycles. The molecule has 0 aliphatic heterocycles. The van der Waals surface area contributed by atoms with Crippen molar-refractivity contribution in [2.24, 2.45) is 0 Å². The maximum Gasteiger partial charge on any atom is 0.265 e. The van der Waals surface area contributed by atoms with Crippen LogP contribution in [0.5, 0.6) is 23.1 Å². The lowest BCUT2D eigenvalue weighted by molar-refractivity contribution is 0.322. The average molecular weight is 481 g/mol. The highest BCUT2D eigenvalue weighted by Gasteiger charge is 2.21. The zero-order chi connectivity index (χ0) is 24.0. The van der Waals surface area contributed by atoms with Crippen molar-refractivity contribution in [1.82, 2.24) is 14.8 Å². The molecule has 0 spiro atoms. The Balaban J connectivity index is 1.47. The molecular formula is C24H24N4O5S. The van der Waals surface area contributed by atoms with E-state index in [1.807, 2.05) is 36.0 Å². The van der Waals surface area contributed by atoms with Crippen molar-refractivity contribution in [3.05, 3.63) is 79.1 Å². The van der Waals surface area contributed by atoms with Gasteiger partial charge in [-0.05, 0) is 68.4 Å². The highest BCUT2D eigenvalue weighted by atomic mass is 32.2. The summed E-state index contributed by atoms with van der Waals surface area (Å²) in [6, 6.07) is 18.5. The van der Waals surface area contributed by atoms with Crippen molar-refractivity contribution in [3.8, 4) is 28.9 Å². The summed E-state index contributed by atoms with van der Waals surface area (Å²) in [6.07, 6.45) is 3.74. The Morgan fingerprint density at radius 3 is 2.21 bits per heavy atom. The maximum absolute atomic E-state index is 13.1. The van der Waals surface area contributed by atoms with Gasteiger partial charge in [0.1, 0.15) is 22.1 Å². The van der Waals surface area contributed by atoms with Gasteiger partial charge in [0.25, 0.3) is 10.0 Å². The molecule has 9 nitrogen and oxygen atoms in total. The van der Waals surface area contributed by atoms with Crippen LogP contribution in [0, 0.1) is 0 Å². The summed E-state index contributed by atoms with van der Waals surface area (Å²) < 4.78 is 47.2. The van der Waals surface area contributed by atoms with Gasteiger partial charge in [-0.25, -0.2) is 8.42 Å². The number of sulfonamides is 1. The zero-order valence-electron chi connectivity index (χ0n) is 18.7. The predicted molar refractivity (Wildman–Crippen MR) is 127 cm³/mol. The van der Waals surface area contributed by atoms with Gasteiger partial charge in [0.05, 0.1) is 13.2 Å². The van der Waals surface area contributed by atoms with Crippen LogP contribution in [0.25, 0.3) is 5.82 Å². The Morgan fingerprint density at radius 1 is 0.853 bits per heavy atom. The van der Waals surface area contributed by atoms with Crippen molar-refractivity contribution in [2.75, 3.05) is 17.9 Å². The molecule has 176 valence electrons. The first-order valence-corrected chi connectivity index (χ1v) is 12.1. The molecule has 2 aromatic carbocycles. The minimum Gasteiger partial charge on any atom is -0.494 e. The van der Waals surface area contributed by atoms with Crippen LogP contribution in [0.3, 0.4) is 0 Å². The Hall–Kier alpha value is -4.05. The van der Waals surface area contributed by atoms with E-state index in [0.717, 1.165) is 0 Å². The molecule has 0 saturated heterocycles. The number of nitrogens with one attached hydrogen (secondary N) is 1. The van der Waals surface area contributed by atoms with E-state index in [1.54, 1.807) is 55.5 Å². The third-order valence-electron chi connectivity index (χ3n) is 4.64. The van der Waals surface area contributed by atoms with Gasteiger partial charge in [-0.1, -0.05) is 0 Å². The number of benzene rings is 2. The summed E-state index contributed by atoms with van der Waals surface area (Å²) >= 11 is 0. The Labute approximate surface area is 198 Å². The third-order valence-corrected chi connectivity index (χ3v) is 6.04. The summed E-state index contributed by atoms with van der Waals surface area (Å²) in [5.74, 6) is 2.17. The van der Waals surface area contributed by atoms with Gasteiger partial charge in [-0.2, -0.15) is 0 Å². The number of rotatable bonds is 10. The lowest BCUT2D eigenvalue weighted by Gasteiger charge is -2.14. The molecule has 0 aliphatic rings. The monoisotopic (exact) mass is 480 g/mol. The van der Waals surface area contributed by atoms with Crippen LogP contribution in [-0.2, 0) is 10.0 Å². The van der Waals surface area contributed by atoms with Gasteiger partial charge in [0.15, 0.2) is 5.82 Å². The number of ether oxygens (including phenoxy) is 3. The highest BCUT2D eigenvalue weighted by molar-refractivity contribution is 7.92. The van der Waals surface area contributed by atoms with E-state index in [0.29, 0.717) is 42.1 Å². The summed E-state index contributed by atoms with van der Waals surface area (Å²) in [5, 5.41) is 8.21. The topological polar surface area (TPSA) is 105 Å². The lowest BCUT2D eigenvalue weighted by Crippen LogP contribution is -2.14. The summed E-state index contributed by atoms with van der Waals surface area (Å²) in [4.78, 5) is -0.00122. The first-order valence-electron chi connectivity index (χ1n) is 10.7. The first-order chi connectivity index (χ1) is 16.5. The molecule has 2 aromatic heterocycles. The van der Waals surface area contributed by atoms with E-state index >= 15 is 0 Å². The van der Waals surface area contributed by atoms with Crippen molar-refractivity contribution < 1.29 is 22.6 Å². The quantitative estimate of drug-likeness (QED) is 0.352. The molecule has 0 saturated carbocycles. The fourth-order valence-corrected chi connectivity index (χ4v) is 4.36. The van der Waals surface area contributed by atoms with Gasteiger partial charge in [0, 0.05) is 30.2 Å². The molecule has 4 aromatic rings. The molecule has 0 fully saturated rings. The van der Waals surface area contributed by atoms with E-state index in [4.69, 9.17) is 14.2 Å². The average Bonchev–Trinajstić information content (AvgIpc) is 3.37. The van der Waals surface area contributed by atoms with Crippen LogP contribution >= 0.6 is 0 Å². The number of hydrogen-bond acceptors (Lipinski definition) is 7. The van der Waals surface area contributed by atoms with Crippen molar-refractivity contribution in [3.63, 3.8) is 0 Å². The van der Waals surface area contributed by atoms with Crippen LogP contribution in [0.1, 0.15) is 13.8 Å². The standard InChI is InChI=1S/C24H24N4O5S/c1-3-31-20-11-12-21(32-4-2)22(17-20)34(29,30)27-18-7-9-19(10-8-18)33-24-14-13-23(25-26-24)28-15-5-6-16-28/h5-17,27H,3-4H2,1-2H3. The maximum atomic E-state index is 13.1. The fourth-order valence-electron chi connectivity index (χ4n) is 3.14. The number of aromatic nitrogens is 3. The van der Waals surface area contributed by atoms with E-state index in [9.17, 15) is 8.42 Å². The fraction of sp³-hybridized carbons (Fsp3) is 0.167. The number of hydrogen-bond donors (Lipinski definition) is 1. The number of nitrogens with zero attached hydrogens (tertiary/aromatic N) is 3. The van der Waals surface area contributed by atoms with Crippen LogP contribution in [0.15, 0.2) is 84.0 Å². The summed E-state index contributed by atoms with van der Waals surface area (Å²) in [6.45, 7) is 4.37. The third kappa shape index (κ3) is 5.46. The van der Waals surface area contributed by atoms with Gasteiger partial charge in [0.2, 0.25) is 5.88 Å². The molecular weight excluding hydrogens is 456 g/mol. The van der Waals surface area contributed by atoms with Crippen molar-refractivity contribution in [2.45, 2.75) is 18.7 Å². The van der Waals surface area contributed by atoms with Crippen LogP contribution in [0.4, 0.5) is 5.69 Å². The second-order valence-corrected chi connectivity index (χ2v) is 8.68. The zero-order valence-corrected chi connectivity index (χ0v) is 19.5. The summed E-state index contributed by atoms with van der Waals surface area (Å²) in [5.41, 5.74) is 0.366. The normalized spacial score (nSPS) is 11.1. The Bertz CT molecular complexity index is 1320. The highest BCUT2D eigenvalue weighted by Crippen LogP contribution is 2.31. The molecule has 2 heterocycles. The Kier molecular flexibility index (Phi) is 6.98. The minimum atomic E-state index is -3.93. The molecule has 0 amide bonds. The van der Waals surface area contributed by atoms with E-state index in [-0.39, 0.29) is 10.6 Å². The van der Waals surface area contributed by atoms with Gasteiger partial charge in [-0.3, -0.25) is 4.72 Å². The van der Waals surface area contributed by atoms with Crippen LogP contribution in [-0.4, -0.2) is 36.4 Å². The number of anilines is 1. The molecule has 34 heavy (non-hydrogen) atoms. The first kappa shape index (κ1) is 23.1. The van der Waals surface area contributed by atoms with E-state index in [2.05, 4.69) is 14.9 Å². The van der Waals surface area contributed by atoms with Crippen LogP contribution in [0.2, 0.25) is 0 Å². The SMILES string of the molecule is CCOc1ccc(OCC)c(S(=O)(=O)Nc2ccc(Oc3ccc(-n4cccc4)nn3)cc2)c1. The van der Waals surface area contributed by atoms with Crippen molar-refractivity contribution in [1.29, 1.82) is 0 Å². The van der Waals surface area contributed by atoms with Crippen LogP contribution < -0.4 is 18.9 Å². The molecule has 0 bridgehead atoms. The second kappa shape index (κ2) is 10.3. The smallest absolute Gasteiger partial charge is 0.265 e. The molecule has 10 heteroatoms. The van der Waals surface area contributed by atoms with Gasteiger partial charge >= 0.3 is 0 Å². The summed E-state index contributed by atoms with van der Waals surface area (Å²) in [7, 11) is -3.93. The molecule has 0 unspecified atom stereocenters. The molecule has 4 rings (SSSR count). The Morgan fingerprint density at radius 2 is 1.56 bits per heavy atom. The van der Waals surface area contributed by atoms with E-state index < -0.39 is 10.0 Å². The largest absolute Gasteiger partial charge is 0.494 e. The van der Waals surface area contributed by atoms with Crippen molar-refractivity contribution >= 4 is 15.7 Å². The van der Waals surface area contributed by atoms with Gasteiger partial charge < -0.3 is 18.8 Å². The minimum absolute atomic E-state index is 0.00122. The molecule has 0 radical (unpaired) electrons. The predicted octanol–water partition coefficient (Wildman–Crippen LogP) is 4.66. The van der Waals surface area contributed by atoms with Gasteiger partial charge in [-0.15, -0.1) is 10.2 Å². The molecule has 0 atom stereocenters. The van der Waals surface area contributed by atoms with E-state index in [1.165, 1.54) is 6.07 Å².